The zero-order chi connectivity index (χ0) is 19.6. The van der Waals surface area contributed by atoms with E-state index >= 15 is 0 Å². The Morgan fingerprint density at radius 1 is 1.19 bits per heavy atom. The predicted octanol–water partition coefficient (Wildman–Crippen LogP) is 1.73. The van der Waals surface area contributed by atoms with Gasteiger partial charge in [-0.05, 0) is 37.3 Å². The number of carboxylic acid groups (broad SMARTS) is 1. The van der Waals surface area contributed by atoms with Crippen LogP contribution in [0.1, 0.15) is 18.5 Å². The zero-order valence-electron chi connectivity index (χ0n) is 15.7. The summed E-state index contributed by atoms with van der Waals surface area (Å²) in [5.41, 5.74) is 2.00. The number of para-hydroxylation sites is 1. The Bertz CT molecular complexity index is 865. The number of nitrogens with zero attached hydrogens (tertiary/aromatic N) is 3. The Morgan fingerprint density at radius 2 is 1.85 bits per heavy atom. The lowest BCUT2D eigenvalue weighted by atomic mass is 9.97. The summed E-state index contributed by atoms with van der Waals surface area (Å²) in [6, 6.07) is 9.94. The Balaban J connectivity index is 1.58. The van der Waals surface area contributed by atoms with E-state index in [1.54, 1.807) is 11.9 Å². The number of carbonyl (C=O) groups excluding carboxylic acids is 2. The molecule has 0 saturated carbocycles. The van der Waals surface area contributed by atoms with Crippen LogP contribution in [-0.2, 0) is 20.9 Å². The highest BCUT2D eigenvalue weighted by Crippen LogP contribution is 2.20. The third-order valence-corrected chi connectivity index (χ3v) is 5.31. The van der Waals surface area contributed by atoms with Crippen molar-refractivity contribution in [3.63, 3.8) is 0 Å². The van der Waals surface area contributed by atoms with Crippen LogP contribution in [0.5, 0.6) is 0 Å². The number of hydrogen-bond acceptors (Lipinski definition) is 3. The van der Waals surface area contributed by atoms with E-state index in [2.05, 4.69) is 0 Å². The number of amides is 2. The lowest BCUT2D eigenvalue weighted by Gasteiger charge is -2.31. The molecule has 0 atom stereocenters. The molecule has 0 aliphatic carbocycles. The summed E-state index contributed by atoms with van der Waals surface area (Å²) in [5, 5.41) is 10.1. The molecule has 1 N–H and O–H groups in total. The molecule has 1 aromatic carbocycles. The lowest BCUT2D eigenvalue weighted by Crippen LogP contribution is -2.46. The third-order valence-electron chi connectivity index (χ3n) is 5.31. The van der Waals surface area contributed by atoms with E-state index in [0.29, 0.717) is 25.9 Å². The highest BCUT2D eigenvalue weighted by molar-refractivity contribution is 5.87. The molecule has 0 spiro atoms. The van der Waals surface area contributed by atoms with Gasteiger partial charge in [0.2, 0.25) is 11.8 Å². The molecule has 2 aromatic rings. The number of likely N-dealkylation sites (N-methyl/N-ethyl adjacent to an activating group) is 1. The van der Waals surface area contributed by atoms with Crippen molar-refractivity contribution >= 4 is 28.7 Å². The quantitative estimate of drug-likeness (QED) is 0.868. The molecule has 2 heterocycles. The van der Waals surface area contributed by atoms with Crippen LogP contribution in [0.15, 0.2) is 30.3 Å². The first-order chi connectivity index (χ1) is 12.9. The second kappa shape index (κ2) is 7.82. The Kier molecular flexibility index (Phi) is 5.48. The maximum atomic E-state index is 12.6. The van der Waals surface area contributed by atoms with Gasteiger partial charge in [-0.25, -0.2) is 0 Å². The summed E-state index contributed by atoms with van der Waals surface area (Å²) < 4.78 is 1.96. The minimum Gasteiger partial charge on any atom is -0.481 e. The molecule has 0 unspecified atom stereocenters. The fourth-order valence-corrected chi connectivity index (χ4v) is 3.58. The van der Waals surface area contributed by atoms with Crippen molar-refractivity contribution < 1.29 is 19.5 Å². The van der Waals surface area contributed by atoms with Crippen molar-refractivity contribution in [2.24, 2.45) is 5.92 Å². The predicted molar refractivity (Wildman–Crippen MR) is 101 cm³/mol. The number of aliphatic carboxylic acids is 1. The van der Waals surface area contributed by atoms with Crippen molar-refractivity contribution in [2.75, 3.05) is 26.7 Å². The molecule has 1 fully saturated rings. The van der Waals surface area contributed by atoms with Crippen molar-refractivity contribution in [1.29, 1.82) is 0 Å². The molecular weight excluding hydrogens is 346 g/mol. The van der Waals surface area contributed by atoms with Gasteiger partial charge in [-0.2, -0.15) is 0 Å². The number of piperidine rings is 1. The van der Waals surface area contributed by atoms with E-state index < -0.39 is 5.97 Å². The summed E-state index contributed by atoms with van der Waals surface area (Å²) >= 11 is 0. The van der Waals surface area contributed by atoms with Gasteiger partial charge in [0.05, 0.1) is 12.5 Å². The number of likely N-dealkylation sites (tertiary alicyclic amines) is 1. The van der Waals surface area contributed by atoms with Crippen LogP contribution in [0.3, 0.4) is 0 Å². The number of fused-ring (bicyclic) bond motifs is 1. The van der Waals surface area contributed by atoms with Crippen LogP contribution < -0.4 is 0 Å². The van der Waals surface area contributed by atoms with Gasteiger partial charge >= 0.3 is 5.97 Å². The van der Waals surface area contributed by atoms with E-state index in [1.165, 1.54) is 4.90 Å². The second-order valence-electron chi connectivity index (χ2n) is 7.17. The van der Waals surface area contributed by atoms with Crippen LogP contribution in [0, 0.1) is 12.8 Å². The molecule has 2 amide bonds. The fourth-order valence-electron chi connectivity index (χ4n) is 3.58. The highest BCUT2D eigenvalue weighted by atomic mass is 16.4. The number of benzene rings is 1. The summed E-state index contributed by atoms with van der Waals surface area (Å²) in [4.78, 5) is 39.2. The van der Waals surface area contributed by atoms with Crippen molar-refractivity contribution in [3.8, 4) is 0 Å². The molecule has 1 aromatic heterocycles. The Morgan fingerprint density at radius 3 is 2.52 bits per heavy atom. The van der Waals surface area contributed by atoms with E-state index in [1.807, 2.05) is 41.8 Å². The number of carboxylic acids is 1. The van der Waals surface area contributed by atoms with E-state index in [-0.39, 0.29) is 30.8 Å². The van der Waals surface area contributed by atoms with Crippen LogP contribution >= 0.6 is 0 Å². The molecule has 27 heavy (non-hydrogen) atoms. The largest absolute Gasteiger partial charge is 0.481 e. The van der Waals surface area contributed by atoms with Crippen LogP contribution in [-0.4, -0.2) is 63.9 Å². The van der Waals surface area contributed by atoms with Crippen LogP contribution in [0.4, 0.5) is 0 Å². The van der Waals surface area contributed by atoms with E-state index in [9.17, 15) is 14.4 Å². The van der Waals surface area contributed by atoms with Crippen molar-refractivity contribution in [3.05, 3.63) is 36.0 Å². The van der Waals surface area contributed by atoms with Gasteiger partial charge in [-0.15, -0.1) is 0 Å². The average Bonchev–Trinajstić information content (AvgIpc) is 2.97. The number of hydrogen-bond donors (Lipinski definition) is 1. The second-order valence-corrected chi connectivity index (χ2v) is 7.17. The van der Waals surface area contributed by atoms with E-state index in [0.717, 1.165) is 16.6 Å². The first-order valence-corrected chi connectivity index (χ1v) is 9.16. The van der Waals surface area contributed by atoms with Gasteiger partial charge in [-0.3, -0.25) is 14.4 Å². The Labute approximate surface area is 158 Å². The minimum atomic E-state index is -0.802. The summed E-state index contributed by atoms with van der Waals surface area (Å²) in [6.45, 7) is 3.02. The molecule has 0 bridgehead atoms. The van der Waals surface area contributed by atoms with Gasteiger partial charge in [0.1, 0.15) is 6.54 Å². The van der Waals surface area contributed by atoms with Crippen LogP contribution in [0.2, 0.25) is 0 Å². The number of aromatic nitrogens is 1. The number of aryl methyl sites for hydroxylation is 1. The fraction of sp³-hybridized carbons (Fsp3) is 0.450. The SMILES string of the molecule is Cc1cc2ccccc2n1CC(=O)N(C)CC(=O)N1CCC(C(=O)O)CC1. The van der Waals surface area contributed by atoms with Crippen LogP contribution in [0.25, 0.3) is 10.9 Å². The smallest absolute Gasteiger partial charge is 0.306 e. The summed E-state index contributed by atoms with van der Waals surface area (Å²) in [7, 11) is 1.63. The normalized spacial score (nSPS) is 15.1. The van der Waals surface area contributed by atoms with Crippen molar-refractivity contribution in [2.45, 2.75) is 26.3 Å². The van der Waals surface area contributed by atoms with E-state index in [4.69, 9.17) is 5.11 Å². The minimum absolute atomic E-state index is 0.00875. The molecule has 1 aliphatic heterocycles. The number of rotatable bonds is 5. The maximum Gasteiger partial charge on any atom is 0.306 e. The molecule has 3 rings (SSSR count). The molecule has 1 saturated heterocycles. The molecule has 7 heteroatoms. The summed E-state index contributed by atoms with van der Waals surface area (Å²) in [6.07, 6.45) is 0.931. The van der Waals surface area contributed by atoms with Gasteiger partial charge in [0.25, 0.3) is 0 Å². The topological polar surface area (TPSA) is 82.9 Å². The van der Waals surface area contributed by atoms with Gasteiger partial charge < -0.3 is 19.5 Å². The zero-order valence-corrected chi connectivity index (χ0v) is 15.7. The van der Waals surface area contributed by atoms with Gasteiger partial charge in [0, 0.05) is 31.3 Å². The molecular formula is C20H25N3O4. The Hall–Kier alpha value is -2.83. The van der Waals surface area contributed by atoms with Crippen molar-refractivity contribution in [1.82, 2.24) is 14.4 Å². The first kappa shape index (κ1) is 18.9. The molecule has 1 aliphatic rings. The third kappa shape index (κ3) is 4.13. The van der Waals surface area contributed by atoms with Gasteiger partial charge in [-0.1, -0.05) is 18.2 Å². The molecule has 7 nitrogen and oxygen atoms in total. The monoisotopic (exact) mass is 371 g/mol. The number of carbonyl (C=O) groups is 3. The summed E-state index contributed by atoms with van der Waals surface area (Å²) in [5.74, 6) is -1.45. The average molecular weight is 371 g/mol. The molecule has 0 radical (unpaired) electrons. The first-order valence-electron chi connectivity index (χ1n) is 9.16. The maximum absolute atomic E-state index is 12.6. The molecule has 144 valence electrons. The lowest BCUT2D eigenvalue weighted by molar-refractivity contribution is -0.146. The van der Waals surface area contributed by atoms with Gasteiger partial charge in [0.15, 0.2) is 0 Å². The highest BCUT2D eigenvalue weighted by Gasteiger charge is 2.28. The standard InChI is InChI=1S/C20H25N3O4/c1-14-11-16-5-3-4-6-17(16)23(14)13-18(24)21(2)12-19(25)22-9-7-15(8-10-22)20(26)27/h3-6,11,15H,7-10,12-13H2,1-2H3,(H,26,27).